The summed E-state index contributed by atoms with van der Waals surface area (Å²) in [7, 11) is 0. The van der Waals surface area contributed by atoms with Crippen LogP contribution in [0, 0.1) is 0 Å². The molecule has 0 amide bonds. The lowest BCUT2D eigenvalue weighted by Crippen LogP contribution is -2.21. The first-order valence-corrected chi connectivity index (χ1v) is 7.37. The maximum absolute atomic E-state index is 5.97. The second-order valence-corrected chi connectivity index (χ2v) is 5.93. The molecule has 1 heterocycles. The van der Waals surface area contributed by atoms with Gasteiger partial charge in [-0.15, -0.1) is 0 Å². The number of H-pyrrole nitrogens is 1. The van der Waals surface area contributed by atoms with E-state index in [0.29, 0.717) is 0 Å². The molecule has 1 aromatic carbocycles. The highest BCUT2D eigenvalue weighted by molar-refractivity contribution is 9.10. The van der Waals surface area contributed by atoms with Crippen molar-refractivity contribution >= 4 is 27.7 Å². The summed E-state index contributed by atoms with van der Waals surface area (Å²) in [6, 6.07) is 6.49. The molecule has 6 heteroatoms. The van der Waals surface area contributed by atoms with Gasteiger partial charge in [-0.3, -0.25) is 5.10 Å². The monoisotopic (exact) mass is 326 g/mol. The summed E-state index contributed by atoms with van der Waals surface area (Å²) >= 11 is 5.15. The minimum absolute atomic E-state index is 0.217. The zero-order chi connectivity index (χ0) is 13.0. The molecule has 2 rings (SSSR count). The van der Waals surface area contributed by atoms with Gasteiger partial charge in [0.2, 0.25) is 0 Å². The van der Waals surface area contributed by atoms with Crippen LogP contribution >= 0.6 is 27.7 Å². The fourth-order valence-corrected chi connectivity index (χ4v) is 2.97. The van der Waals surface area contributed by atoms with Gasteiger partial charge in [-0.2, -0.15) is 5.10 Å². The molecule has 96 valence electrons. The second-order valence-electron chi connectivity index (χ2n) is 4.02. The number of aromatic amines is 1. The van der Waals surface area contributed by atoms with Crippen LogP contribution in [0.5, 0.6) is 0 Å². The van der Waals surface area contributed by atoms with Crippen molar-refractivity contribution in [1.29, 1.82) is 0 Å². The van der Waals surface area contributed by atoms with Crippen LogP contribution in [0.25, 0.3) is 0 Å². The summed E-state index contributed by atoms with van der Waals surface area (Å²) in [5.41, 5.74) is 7.21. The smallest absolute Gasteiger partial charge is 0.188 e. The molecule has 0 spiro atoms. The molecule has 2 aromatic rings. The number of halogens is 1. The van der Waals surface area contributed by atoms with Gasteiger partial charge >= 0.3 is 0 Å². The molecule has 4 nitrogen and oxygen atoms in total. The minimum Gasteiger partial charge on any atom is -0.327 e. The van der Waals surface area contributed by atoms with E-state index in [0.717, 1.165) is 27.4 Å². The van der Waals surface area contributed by atoms with Gasteiger partial charge in [0.25, 0.3) is 0 Å². The van der Waals surface area contributed by atoms with Gasteiger partial charge in [-0.05, 0) is 30.5 Å². The molecule has 0 radical (unpaired) electrons. The number of aromatic nitrogens is 3. The molecule has 0 aliphatic rings. The molecule has 0 aliphatic heterocycles. The van der Waals surface area contributed by atoms with E-state index >= 15 is 0 Å². The third-order valence-corrected chi connectivity index (χ3v) is 4.26. The number of hydrogen-bond donors (Lipinski definition) is 2. The Balaban J connectivity index is 2.09. The molecule has 1 unspecified atom stereocenters. The van der Waals surface area contributed by atoms with Crippen LogP contribution in [0.4, 0.5) is 0 Å². The Kier molecular flexibility index (Phi) is 4.79. The molecule has 3 N–H and O–H groups in total. The number of nitrogens with zero attached hydrogens (tertiary/aromatic N) is 2. The van der Waals surface area contributed by atoms with E-state index in [1.54, 1.807) is 11.8 Å². The van der Waals surface area contributed by atoms with Crippen LogP contribution in [0.15, 0.2) is 39.1 Å². The molecule has 18 heavy (non-hydrogen) atoms. The normalized spacial score (nSPS) is 12.6. The first-order chi connectivity index (χ1) is 8.69. The van der Waals surface area contributed by atoms with Crippen LogP contribution in [-0.4, -0.2) is 21.2 Å². The van der Waals surface area contributed by atoms with Crippen molar-refractivity contribution in [3.63, 3.8) is 0 Å². The van der Waals surface area contributed by atoms with E-state index < -0.39 is 0 Å². The van der Waals surface area contributed by atoms with Gasteiger partial charge in [0.05, 0.1) is 0 Å². The lowest BCUT2D eigenvalue weighted by molar-refractivity contribution is 0.645. The van der Waals surface area contributed by atoms with Gasteiger partial charge in [0.1, 0.15) is 6.33 Å². The van der Waals surface area contributed by atoms with Gasteiger partial charge in [-0.1, -0.05) is 40.7 Å². The summed E-state index contributed by atoms with van der Waals surface area (Å²) in [4.78, 5) is 5.20. The predicted octanol–water partition coefficient (Wildman–Crippen LogP) is 3.00. The molecular weight excluding hydrogens is 312 g/mol. The second kappa shape index (κ2) is 6.36. The number of nitrogens with two attached hydrogens (primary N) is 1. The Morgan fingerprint density at radius 1 is 1.50 bits per heavy atom. The standard InChI is InChI=1S/C12H15BrN4S/c1-2-9(14)5-8-3-4-10(6-11(8)13)18-12-15-7-16-17-12/h3-4,6-7,9H,2,5,14H2,1H3,(H,15,16,17). The first kappa shape index (κ1) is 13.6. The Labute approximate surface area is 119 Å². The van der Waals surface area contributed by atoms with Crippen molar-refractivity contribution in [2.75, 3.05) is 0 Å². The highest BCUT2D eigenvalue weighted by atomic mass is 79.9. The van der Waals surface area contributed by atoms with Crippen molar-refractivity contribution in [3.05, 3.63) is 34.6 Å². The fraction of sp³-hybridized carbons (Fsp3) is 0.333. The third kappa shape index (κ3) is 3.57. The maximum atomic E-state index is 5.97. The Bertz CT molecular complexity index is 501. The van der Waals surface area contributed by atoms with Gasteiger partial charge in [0, 0.05) is 15.4 Å². The molecule has 0 bridgehead atoms. The summed E-state index contributed by atoms with van der Waals surface area (Å²) < 4.78 is 1.09. The largest absolute Gasteiger partial charge is 0.327 e. The van der Waals surface area contributed by atoms with Gasteiger partial charge in [-0.25, -0.2) is 4.98 Å². The van der Waals surface area contributed by atoms with Crippen LogP contribution in [0.2, 0.25) is 0 Å². The molecule has 0 saturated carbocycles. The third-order valence-electron chi connectivity index (χ3n) is 2.64. The summed E-state index contributed by atoms with van der Waals surface area (Å²) in [5, 5.41) is 7.44. The van der Waals surface area contributed by atoms with Crippen LogP contribution < -0.4 is 5.73 Å². The SMILES string of the molecule is CCC(N)Cc1ccc(Sc2ncn[nH]2)cc1Br. The van der Waals surface area contributed by atoms with Gasteiger partial charge < -0.3 is 5.73 Å². The molecular formula is C12H15BrN4S. The molecule has 1 atom stereocenters. The van der Waals surface area contributed by atoms with Crippen molar-refractivity contribution in [1.82, 2.24) is 15.2 Å². The summed E-state index contributed by atoms with van der Waals surface area (Å²) in [6.45, 7) is 2.10. The lowest BCUT2D eigenvalue weighted by Gasteiger charge is -2.11. The minimum atomic E-state index is 0.217. The van der Waals surface area contributed by atoms with E-state index in [2.05, 4.69) is 56.2 Å². The van der Waals surface area contributed by atoms with Crippen molar-refractivity contribution in [2.24, 2.45) is 5.73 Å². The number of hydrogen-bond acceptors (Lipinski definition) is 4. The van der Waals surface area contributed by atoms with Crippen molar-refractivity contribution < 1.29 is 0 Å². The molecule has 1 aromatic heterocycles. The number of rotatable bonds is 5. The highest BCUT2D eigenvalue weighted by Gasteiger charge is 2.07. The van der Waals surface area contributed by atoms with Crippen molar-refractivity contribution in [3.8, 4) is 0 Å². The maximum Gasteiger partial charge on any atom is 0.188 e. The first-order valence-electron chi connectivity index (χ1n) is 5.76. The van der Waals surface area contributed by atoms with Crippen LogP contribution in [-0.2, 0) is 6.42 Å². The molecule has 0 fully saturated rings. The lowest BCUT2D eigenvalue weighted by atomic mass is 10.1. The number of nitrogens with one attached hydrogen (secondary N) is 1. The fourth-order valence-electron chi connectivity index (χ4n) is 1.54. The average Bonchev–Trinajstić information content (AvgIpc) is 2.85. The van der Waals surface area contributed by atoms with E-state index in [9.17, 15) is 0 Å². The molecule has 0 saturated heterocycles. The van der Waals surface area contributed by atoms with Crippen molar-refractivity contribution in [2.45, 2.75) is 35.9 Å². The van der Waals surface area contributed by atoms with E-state index in [1.807, 2.05) is 0 Å². The summed E-state index contributed by atoms with van der Waals surface area (Å²) in [5.74, 6) is 0. The van der Waals surface area contributed by atoms with E-state index in [1.165, 1.54) is 11.9 Å². The highest BCUT2D eigenvalue weighted by Crippen LogP contribution is 2.29. The quantitative estimate of drug-likeness (QED) is 0.886. The zero-order valence-electron chi connectivity index (χ0n) is 10.1. The van der Waals surface area contributed by atoms with Gasteiger partial charge in [0.15, 0.2) is 5.16 Å². The zero-order valence-corrected chi connectivity index (χ0v) is 12.5. The molecule has 0 aliphatic carbocycles. The topological polar surface area (TPSA) is 67.6 Å². The number of benzene rings is 1. The Hall–Kier alpha value is -0.850. The Morgan fingerprint density at radius 2 is 2.33 bits per heavy atom. The Morgan fingerprint density at radius 3 is 2.94 bits per heavy atom. The van der Waals surface area contributed by atoms with Crippen LogP contribution in [0.1, 0.15) is 18.9 Å². The van der Waals surface area contributed by atoms with E-state index in [-0.39, 0.29) is 6.04 Å². The predicted molar refractivity (Wildman–Crippen MR) is 76.6 cm³/mol. The summed E-state index contributed by atoms with van der Waals surface area (Å²) in [6.07, 6.45) is 3.39. The van der Waals surface area contributed by atoms with Crippen LogP contribution in [0.3, 0.4) is 0 Å². The van der Waals surface area contributed by atoms with E-state index in [4.69, 9.17) is 5.73 Å². The average molecular weight is 327 g/mol.